The molecule has 0 saturated carbocycles. The Morgan fingerprint density at radius 3 is 2.80 bits per heavy atom. The molecule has 6 heteroatoms. The van der Waals surface area contributed by atoms with Crippen molar-refractivity contribution in [2.75, 3.05) is 13.6 Å². The molecular formula is C9H10N2O4. The number of nitro groups is 1. The number of benzene rings is 1. The van der Waals surface area contributed by atoms with Gasteiger partial charge in [-0.15, -0.1) is 0 Å². The molecule has 0 fully saturated rings. The monoisotopic (exact) mass is 210 g/mol. The number of carbonyl (C=O) groups is 1. The number of rotatable bonds is 4. The molecule has 0 aromatic heterocycles. The summed E-state index contributed by atoms with van der Waals surface area (Å²) in [6, 6.07) is 3.55. The maximum absolute atomic E-state index is 11.4. The first-order valence-electron chi connectivity index (χ1n) is 4.21. The molecule has 0 saturated heterocycles. The van der Waals surface area contributed by atoms with Crippen LogP contribution in [0, 0.1) is 10.1 Å². The minimum atomic E-state index is -0.731. The second kappa shape index (κ2) is 4.52. The van der Waals surface area contributed by atoms with Crippen molar-refractivity contribution in [3.05, 3.63) is 33.9 Å². The maximum atomic E-state index is 11.4. The summed E-state index contributed by atoms with van der Waals surface area (Å²) in [5, 5.41) is 22.3. The van der Waals surface area contributed by atoms with E-state index in [9.17, 15) is 14.9 Å². The first-order valence-corrected chi connectivity index (χ1v) is 4.21. The molecule has 1 aromatic carbocycles. The number of Topliss-reactive ketones (excluding diaryl/α,β-unsaturated/α-hetero) is 1. The molecular weight excluding hydrogens is 200 g/mol. The second-order valence-electron chi connectivity index (χ2n) is 2.91. The average molecular weight is 210 g/mol. The summed E-state index contributed by atoms with van der Waals surface area (Å²) in [4.78, 5) is 21.1. The van der Waals surface area contributed by atoms with E-state index in [1.54, 1.807) is 7.05 Å². The van der Waals surface area contributed by atoms with E-state index in [1.807, 2.05) is 0 Å². The van der Waals surface area contributed by atoms with Crippen LogP contribution in [0.5, 0.6) is 5.75 Å². The SMILES string of the molecule is CNCC(=O)c1ccc(O)c([N+](=O)[O-])c1. The van der Waals surface area contributed by atoms with E-state index in [-0.39, 0.29) is 17.9 Å². The summed E-state index contributed by atoms with van der Waals surface area (Å²) >= 11 is 0. The van der Waals surface area contributed by atoms with Crippen molar-refractivity contribution in [1.82, 2.24) is 5.32 Å². The van der Waals surface area contributed by atoms with E-state index in [0.717, 1.165) is 12.1 Å². The van der Waals surface area contributed by atoms with E-state index in [2.05, 4.69) is 5.32 Å². The third-order valence-electron chi connectivity index (χ3n) is 1.83. The van der Waals surface area contributed by atoms with Crippen LogP contribution in [0.4, 0.5) is 5.69 Å². The Morgan fingerprint density at radius 2 is 2.27 bits per heavy atom. The Kier molecular flexibility index (Phi) is 3.35. The van der Waals surface area contributed by atoms with Gasteiger partial charge in [-0.05, 0) is 19.2 Å². The molecule has 0 amide bonds. The first-order chi connectivity index (χ1) is 7.06. The summed E-state index contributed by atoms with van der Waals surface area (Å²) < 4.78 is 0. The topological polar surface area (TPSA) is 92.5 Å². The second-order valence-corrected chi connectivity index (χ2v) is 2.91. The number of carbonyl (C=O) groups excluding carboxylic acids is 1. The molecule has 1 rings (SSSR count). The van der Waals surface area contributed by atoms with Gasteiger partial charge >= 0.3 is 5.69 Å². The summed E-state index contributed by atoms with van der Waals surface area (Å²) in [5.41, 5.74) is -0.259. The summed E-state index contributed by atoms with van der Waals surface area (Å²) in [5.74, 6) is -0.707. The summed E-state index contributed by atoms with van der Waals surface area (Å²) in [6.45, 7) is 0.0991. The van der Waals surface area contributed by atoms with Crippen LogP contribution < -0.4 is 5.32 Å². The highest BCUT2D eigenvalue weighted by atomic mass is 16.6. The lowest BCUT2D eigenvalue weighted by Gasteiger charge is -2.01. The third-order valence-corrected chi connectivity index (χ3v) is 1.83. The average Bonchev–Trinajstić information content (AvgIpc) is 2.18. The van der Waals surface area contributed by atoms with Crippen LogP contribution in [0.1, 0.15) is 10.4 Å². The van der Waals surface area contributed by atoms with Crippen molar-refractivity contribution in [3.8, 4) is 5.75 Å². The van der Waals surface area contributed by atoms with Crippen molar-refractivity contribution in [2.45, 2.75) is 0 Å². The van der Waals surface area contributed by atoms with Crippen LogP contribution >= 0.6 is 0 Å². The third kappa shape index (κ3) is 2.50. The fraction of sp³-hybridized carbons (Fsp3) is 0.222. The normalized spacial score (nSPS) is 9.93. The lowest BCUT2D eigenvalue weighted by Crippen LogP contribution is -2.18. The number of likely N-dealkylation sites (N-methyl/N-ethyl adjacent to an activating group) is 1. The van der Waals surface area contributed by atoms with Gasteiger partial charge in [0.1, 0.15) is 0 Å². The van der Waals surface area contributed by atoms with Gasteiger partial charge in [-0.3, -0.25) is 14.9 Å². The van der Waals surface area contributed by atoms with Gasteiger partial charge in [0.15, 0.2) is 11.5 Å². The van der Waals surface area contributed by atoms with Crippen molar-refractivity contribution in [1.29, 1.82) is 0 Å². The highest BCUT2D eigenvalue weighted by Gasteiger charge is 2.16. The molecule has 0 aliphatic rings. The number of ketones is 1. The van der Waals surface area contributed by atoms with E-state index < -0.39 is 16.4 Å². The fourth-order valence-electron chi connectivity index (χ4n) is 1.11. The molecule has 0 unspecified atom stereocenters. The lowest BCUT2D eigenvalue weighted by atomic mass is 10.1. The zero-order chi connectivity index (χ0) is 11.4. The van der Waals surface area contributed by atoms with Crippen LogP contribution in [-0.4, -0.2) is 29.4 Å². The van der Waals surface area contributed by atoms with Crippen LogP contribution in [0.25, 0.3) is 0 Å². The van der Waals surface area contributed by atoms with E-state index in [1.165, 1.54) is 6.07 Å². The number of phenolic OH excluding ortho intramolecular Hbond substituents is 1. The largest absolute Gasteiger partial charge is 0.502 e. The molecule has 2 N–H and O–H groups in total. The molecule has 0 heterocycles. The number of hydrogen-bond acceptors (Lipinski definition) is 5. The van der Waals surface area contributed by atoms with Gasteiger partial charge in [0.2, 0.25) is 0 Å². The number of aromatic hydroxyl groups is 1. The maximum Gasteiger partial charge on any atom is 0.311 e. The van der Waals surface area contributed by atoms with Crippen molar-refractivity contribution in [2.24, 2.45) is 0 Å². The van der Waals surface area contributed by atoms with Crippen LogP contribution in [0.15, 0.2) is 18.2 Å². The van der Waals surface area contributed by atoms with Gasteiger partial charge in [-0.1, -0.05) is 0 Å². The molecule has 0 aliphatic carbocycles. The van der Waals surface area contributed by atoms with Crippen LogP contribution in [0.3, 0.4) is 0 Å². The predicted molar refractivity (Wildman–Crippen MR) is 53.0 cm³/mol. The molecule has 0 spiro atoms. The van der Waals surface area contributed by atoms with E-state index in [0.29, 0.717) is 0 Å². The Balaban J connectivity index is 3.07. The zero-order valence-corrected chi connectivity index (χ0v) is 8.06. The minimum Gasteiger partial charge on any atom is -0.502 e. The van der Waals surface area contributed by atoms with Crippen molar-refractivity contribution >= 4 is 11.5 Å². The summed E-state index contributed by atoms with van der Waals surface area (Å²) in [7, 11) is 1.60. The van der Waals surface area contributed by atoms with Crippen LogP contribution in [-0.2, 0) is 0 Å². The predicted octanol–water partition coefficient (Wildman–Crippen LogP) is 0.702. The Morgan fingerprint density at radius 1 is 1.60 bits per heavy atom. The van der Waals surface area contributed by atoms with Gasteiger partial charge in [-0.2, -0.15) is 0 Å². The Hall–Kier alpha value is -1.95. The molecule has 0 bridgehead atoms. The zero-order valence-electron chi connectivity index (χ0n) is 8.06. The van der Waals surface area contributed by atoms with E-state index in [4.69, 9.17) is 5.11 Å². The number of hydrogen-bond donors (Lipinski definition) is 2. The van der Waals surface area contributed by atoms with Gasteiger partial charge in [0.25, 0.3) is 0 Å². The Labute approximate surface area is 85.7 Å². The molecule has 15 heavy (non-hydrogen) atoms. The van der Waals surface area contributed by atoms with Crippen molar-refractivity contribution in [3.63, 3.8) is 0 Å². The highest BCUT2D eigenvalue weighted by molar-refractivity contribution is 5.98. The van der Waals surface area contributed by atoms with Gasteiger partial charge in [-0.25, -0.2) is 0 Å². The van der Waals surface area contributed by atoms with Crippen molar-refractivity contribution < 1.29 is 14.8 Å². The molecule has 80 valence electrons. The Bertz CT molecular complexity index is 403. The smallest absolute Gasteiger partial charge is 0.311 e. The number of nitrogens with one attached hydrogen (secondary N) is 1. The van der Waals surface area contributed by atoms with Gasteiger partial charge in [0, 0.05) is 11.6 Å². The van der Waals surface area contributed by atoms with Gasteiger partial charge in [0.05, 0.1) is 11.5 Å². The van der Waals surface area contributed by atoms with Gasteiger partial charge < -0.3 is 10.4 Å². The van der Waals surface area contributed by atoms with Crippen LogP contribution in [0.2, 0.25) is 0 Å². The number of nitro benzene ring substituents is 1. The molecule has 0 atom stereocenters. The lowest BCUT2D eigenvalue weighted by molar-refractivity contribution is -0.385. The number of nitrogens with zero attached hydrogens (tertiary/aromatic N) is 1. The molecule has 0 radical (unpaired) electrons. The quantitative estimate of drug-likeness (QED) is 0.433. The molecule has 6 nitrogen and oxygen atoms in total. The number of phenols is 1. The molecule has 0 aliphatic heterocycles. The molecule has 1 aromatic rings. The first kappa shape index (κ1) is 11.1. The standard InChI is InChI=1S/C9H10N2O4/c1-10-5-9(13)6-2-3-8(12)7(4-6)11(14)15/h2-4,10,12H,5H2,1H3. The summed E-state index contributed by atoms with van der Waals surface area (Å²) in [6.07, 6.45) is 0. The fourth-order valence-corrected chi connectivity index (χ4v) is 1.11. The highest BCUT2D eigenvalue weighted by Crippen LogP contribution is 2.26. The van der Waals surface area contributed by atoms with E-state index >= 15 is 0 Å². The minimum absolute atomic E-state index is 0.0991.